The fraction of sp³-hybridized carbons (Fsp3) is 0.816. The number of halogens is 1. The quantitative estimate of drug-likeness (QED) is 0.0317. The molecular weight excluding hydrogens is 831 g/mol. The molecule has 2 saturated heterocycles. The van der Waals surface area contributed by atoms with Crippen LogP contribution in [0.25, 0.3) is 0 Å². The molecule has 16 heteroatoms. The average molecular weight is 901 g/mol. The van der Waals surface area contributed by atoms with Crippen molar-refractivity contribution in [2.45, 2.75) is 137 Å². The van der Waals surface area contributed by atoms with E-state index < -0.39 is 78.8 Å². The van der Waals surface area contributed by atoms with Gasteiger partial charge in [-0.1, -0.05) is 30.4 Å². The second-order valence-corrected chi connectivity index (χ2v) is 20.4. The molecule has 314 valence electrons. The molecule has 7 N–H and O–H groups in total. The van der Waals surface area contributed by atoms with Gasteiger partial charge in [0.25, 0.3) is 0 Å². The van der Waals surface area contributed by atoms with E-state index in [1.165, 1.54) is 19.4 Å². The summed E-state index contributed by atoms with van der Waals surface area (Å²) in [7, 11) is 3.76. The van der Waals surface area contributed by atoms with Gasteiger partial charge < -0.3 is 0 Å². The first kappa shape index (κ1) is 47.7. The van der Waals surface area contributed by atoms with Gasteiger partial charge in [-0.05, 0) is 18.4 Å². The monoisotopic (exact) mass is 900 g/mol. The van der Waals surface area contributed by atoms with Gasteiger partial charge in [-0.25, -0.2) is 0 Å². The van der Waals surface area contributed by atoms with Gasteiger partial charge in [0.2, 0.25) is 0 Å². The predicted octanol–water partition coefficient (Wildman–Crippen LogP) is 2.28. The number of likely N-dealkylation sites (N-methyl/N-ethyl adjacent to an activating group) is 1. The Kier molecular flexibility index (Phi) is 20.9. The molecule has 14 nitrogen and oxygen atoms in total. The Morgan fingerprint density at radius 2 is 1.89 bits per heavy atom. The second kappa shape index (κ2) is 23.6. The van der Waals surface area contributed by atoms with Crippen LogP contribution in [0.1, 0.15) is 73.1 Å². The number of carbonyl (C=O) groups is 1. The fourth-order valence-corrected chi connectivity index (χ4v) is 12.0. The summed E-state index contributed by atoms with van der Waals surface area (Å²) in [5.41, 5.74) is -0.913. The number of nitrogens with one attached hydrogen (secondary N) is 2. The SMILES string of the molecule is CCOC1OC(=O)[C@H](C)C(O)CI(O[C@@H]2O[C@H](C)CC(N(C)C)C2O)[C@H](O)CCCN(CCCNC(S)NCC/C=C2\C=CC=CC2)[C@H](C)[C@@H](O)[C@]1(C)O. The molecule has 0 spiro atoms. The number of thiol groups is 1. The maximum absolute atomic E-state index is 13.4. The molecule has 3 aliphatic rings. The predicted molar refractivity (Wildman–Crippen MR) is 221 cm³/mol. The zero-order valence-electron chi connectivity index (χ0n) is 33.2. The number of aliphatic hydroxyl groups excluding tert-OH is 4. The van der Waals surface area contributed by atoms with Crippen molar-refractivity contribution in [2.24, 2.45) is 5.92 Å². The van der Waals surface area contributed by atoms with Gasteiger partial charge in [-0.2, -0.15) is 0 Å². The zero-order chi connectivity index (χ0) is 40.0. The minimum atomic E-state index is -3.02. The van der Waals surface area contributed by atoms with Crippen molar-refractivity contribution in [3.63, 3.8) is 0 Å². The number of cyclic esters (lactones) is 1. The first-order valence-electron chi connectivity index (χ1n) is 19.4. The van der Waals surface area contributed by atoms with Gasteiger partial charge >= 0.3 is 289 Å². The first-order valence-corrected chi connectivity index (χ1v) is 23.5. The maximum atomic E-state index is 13.4. The van der Waals surface area contributed by atoms with E-state index in [4.69, 9.17) is 17.3 Å². The van der Waals surface area contributed by atoms with E-state index in [1.54, 1.807) is 13.8 Å². The summed E-state index contributed by atoms with van der Waals surface area (Å²) in [6, 6.07) is -0.823. The molecule has 2 heterocycles. The Bertz CT molecular complexity index is 1210. The van der Waals surface area contributed by atoms with Gasteiger partial charge in [-0.3, -0.25) is 0 Å². The summed E-state index contributed by atoms with van der Waals surface area (Å²) in [5.74, 6) is -1.89. The third-order valence-corrected chi connectivity index (χ3v) is 15.8. The number of ether oxygens (including phenoxy) is 3. The van der Waals surface area contributed by atoms with E-state index in [9.17, 15) is 30.3 Å². The fourth-order valence-electron chi connectivity index (χ4n) is 6.74. The summed E-state index contributed by atoms with van der Waals surface area (Å²) in [4.78, 5) is 17.4. The van der Waals surface area contributed by atoms with Crippen molar-refractivity contribution >= 4 is 38.8 Å². The van der Waals surface area contributed by atoms with Crippen LogP contribution in [0.5, 0.6) is 0 Å². The molecule has 0 amide bonds. The van der Waals surface area contributed by atoms with Crippen molar-refractivity contribution < 1.29 is 47.6 Å². The Labute approximate surface area is 336 Å². The van der Waals surface area contributed by atoms with Crippen LogP contribution in [0, 0.1) is 5.92 Å². The van der Waals surface area contributed by atoms with Crippen molar-refractivity contribution in [3.8, 4) is 0 Å². The minimum absolute atomic E-state index is 0.00379. The van der Waals surface area contributed by atoms with Crippen molar-refractivity contribution in [1.29, 1.82) is 0 Å². The second-order valence-electron chi connectivity index (χ2n) is 15.0. The Morgan fingerprint density at radius 3 is 2.56 bits per heavy atom. The average Bonchev–Trinajstić information content (AvgIpc) is 3.13. The van der Waals surface area contributed by atoms with Crippen molar-refractivity contribution in [3.05, 3.63) is 36.0 Å². The van der Waals surface area contributed by atoms with Gasteiger partial charge in [0.15, 0.2) is 0 Å². The van der Waals surface area contributed by atoms with Crippen LogP contribution in [0.3, 0.4) is 0 Å². The van der Waals surface area contributed by atoms with E-state index in [2.05, 4.69) is 41.5 Å². The standard InChI is InChI=1S/C38H69IN4O10S/c1-8-50-36-38(5,49)33(47)27(4)43(22-14-20-41-37(54)40-19-12-17-28-15-10-9-11-16-28)21-13-18-31(45)39(24-30(44)26(3)34(48)52-36)53-35-32(46)29(42(6)7)23-25(2)51-35/h9-11,15,17,25-27,29-33,35-37,40-41,44-47,49,54H,8,12-14,16,18-24H2,1-7H3/b28-17+/t25-,26-,27-,29?,30?,31-,32?,33-,35+,36?,37?,38+/m1/s1. The molecule has 0 aromatic carbocycles. The molecule has 2 aliphatic heterocycles. The van der Waals surface area contributed by atoms with Crippen molar-refractivity contribution in [1.82, 2.24) is 20.4 Å². The van der Waals surface area contributed by atoms with Crippen LogP contribution in [-0.2, 0) is 22.1 Å². The number of rotatable bonds is 14. The van der Waals surface area contributed by atoms with Crippen LogP contribution < -0.4 is 10.6 Å². The van der Waals surface area contributed by atoms with E-state index in [0.717, 1.165) is 19.4 Å². The Balaban J connectivity index is 1.74. The molecule has 1 aliphatic carbocycles. The Hall–Kier alpha value is -0.710. The van der Waals surface area contributed by atoms with E-state index >= 15 is 0 Å². The number of allylic oxidation sites excluding steroid dienone is 5. The van der Waals surface area contributed by atoms with Crippen LogP contribution >= 0.6 is 32.9 Å². The van der Waals surface area contributed by atoms with Gasteiger partial charge in [0, 0.05) is 0 Å². The Morgan fingerprint density at radius 1 is 1.17 bits per heavy atom. The molecular formula is C38H69IN4O10S. The molecule has 2 fully saturated rings. The summed E-state index contributed by atoms with van der Waals surface area (Å²) in [6.45, 7) is 10.8. The van der Waals surface area contributed by atoms with Crippen LogP contribution in [0.15, 0.2) is 36.0 Å². The van der Waals surface area contributed by atoms with Crippen molar-refractivity contribution in [2.75, 3.05) is 51.3 Å². The number of nitrogens with zero attached hydrogens (tertiary/aromatic N) is 2. The van der Waals surface area contributed by atoms with Gasteiger partial charge in [-0.15, -0.1) is 0 Å². The van der Waals surface area contributed by atoms with E-state index in [-0.39, 0.29) is 28.7 Å². The topological polar surface area (TPSA) is 186 Å². The number of hydrogen-bond acceptors (Lipinski definition) is 15. The zero-order valence-corrected chi connectivity index (χ0v) is 36.3. The normalized spacial score (nSPS) is 37.3. The number of carbonyl (C=O) groups excluding carboxylic acids is 1. The summed E-state index contributed by atoms with van der Waals surface area (Å²) in [5, 5.41) is 64.1. The van der Waals surface area contributed by atoms with Gasteiger partial charge in [0.1, 0.15) is 0 Å². The van der Waals surface area contributed by atoms with E-state index in [0.29, 0.717) is 45.3 Å². The molecule has 0 aromatic heterocycles. The molecule has 0 radical (unpaired) electrons. The first-order chi connectivity index (χ1) is 25.6. The summed E-state index contributed by atoms with van der Waals surface area (Å²) < 4.78 is 22.9. The third-order valence-electron chi connectivity index (χ3n) is 10.3. The molecule has 3 rings (SSSR count). The molecule has 54 heavy (non-hydrogen) atoms. The van der Waals surface area contributed by atoms with Crippen LogP contribution in [0.2, 0.25) is 0 Å². The molecule has 0 aromatic rings. The van der Waals surface area contributed by atoms with Crippen LogP contribution in [-0.4, -0.2) is 157 Å². The number of hydrogen-bond donors (Lipinski definition) is 8. The van der Waals surface area contributed by atoms with E-state index in [1.807, 2.05) is 43.0 Å². The molecule has 5 unspecified atom stereocenters. The summed E-state index contributed by atoms with van der Waals surface area (Å²) in [6.07, 6.45) is 8.22. The van der Waals surface area contributed by atoms with Gasteiger partial charge in [0.05, 0.1) is 0 Å². The van der Waals surface area contributed by atoms with Crippen LogP contribution in [0.4, 0.5) is 0 Å². The third kappa shape index (κ3) is 14.6. The molecule has 0 bridgehead atoms. The number of alkyl halides is 2. The number of aliphatic hydroxyl groups is 5. The molecule has 12 atom stereocenters. The molecule has 0 saturated carbocycles. The summed E-state index contributed by atoms with van der Waals surface area (Å²) >= 11 is 1.62. The number of esters is 1.